The highest BCUT2D eigenvalue weighted by atomic mass is 79.9. The average Bonchev–Trinajstić information content (AvgIpc) is 2.67. The Balaban J connectivity index is 2.10. The molecule has 100 valence electrons. The summed E-state index contributed by atoms with van der Waals surface area (Å²) < 4.78 is 1.22. The van der Waals surface area contributed by atoms with Crippen LogP contribution in [0.15, 0.2) is 22.7 Å². The van der Waals surface area contributed by atoms with Gasteiger partial charge in [-0.3, -0.25) is 0 Å². The van der Waals surface area contributed by atoms with E-state index < -0.39 is 0 Å². The molecule has 0 amide bonds. The van der Waals surface area contributed by atoms with E-state index in [0.717, 1.165) is 26.2 Å². The van der Waals surface area contributed by atoms with Crippen molar-refractivity contribution >= 4 is 21.6 Å². The smallest absolute Gasteiger partial charge is 0.0511 e. The van der Waals surface area contributed by atoms with Crippen molar-refractivity contribution in [2.24, 2.45) is 5.41 Å². The van der Waals surface area contributed by atoms with Crippen molar-refractivity contribution < 1.29 is 0 Å². The summed E-state index contributed by atoms with van der Waals surface area (Å²) in [4.78, 5) is 2.49. The molecule has 0 spiro atoms. The average molecular weight is 311 g/mol. The summed E-state index contributed by atoms with van der Waals surface area (Å²) >= 11 is 3.72. The summed E-state index contributed by atoms with van der Waals surface area (Å²) in [7, 11) is 0. The van der Waals surface area contributed by atoms with Gasteiger partial charge >= 0.3 is 0 Å². The third kappa shape index (κ3) is 3.27. The highest BCUT2D eigenvalue weighted by Gasteiger charge is 2.29. The topological polar surface area (TPSA) is 15.3 Å². The van der Waals surface area contributed by atoms with Crippen molar-refractivity contribution in [1.82, 2.24) is 5.32 Å². The van der Waals surface area contributed by atoms with E-state index in [0.29, 0.717) is 5.41 Å². The summed E-state index contributed by atoms with van der Waals surface area (Å²) in [6.07, 6.45) is 1.28. The molecule has 1 aliphatic heterocycles. The maximum absolute atomic E-state index is 3.72. The van der Waals surface area contributed by atoms with Gasteiger partial charge in [-0.05, 0) is 52.0 Å². The fourth-order valence-corrected chi connectivity index (χ4v) is 3.18. The molecule has 18 heavy (non-hydrogen) atoms. The van der Waals surface area contributed by atoms with Crippen molar-refractivity contribution in [2.45, 2.75) is 33.7 Å². The van der Waals surface area contributed by atoms with Gasteiger partial charge in [-0.25, -0.2) is 0 Å². The van der Waals surface area contributed by atoms with Crippen molar-refractivity contribution in [2.75, 3.05) is 24.5 Å². The van der Waals surface area contributed by atoms with Gasteiger partial charge < -0.3 is 10.2 Å². The first-order chi connectivity index (χ1) is 8.52. The van der Waals surface area contributed by atoms with Gasteiger partial charge in [0.1, 0.15) is 0 Å². The van der Waals surface area contributed by atoms with Gasteiger partial charge in [0, 0.05) is 24.1 Å². The first-order valence-electron chi connectivity index (χ1n) is 6.76. The van der Waals surface area contributed by atoms with Gasteiger partial charge in [-0.1, -0.05) is 26.8 Å². The van der Waals surface area contributed by atoms with Crippen LogP contribution in [0.2, 0.25) is 0 Å². The summed E-state index contributed by atoms with van der Waals surface area (Å²) in [5.74, 6) is 0. The van der Waals surface area contributed by atoms with Crippen LogP contribution < -0.4 is 10.2 Å². The molecule has 0 aliphatic carbocycles. The zero-order valence-corrected chi connectivity index (χ0v) is 13.2. The molecule has 1 aromatic rings. The lowest BCUT2D eigenvalue weighted by Gasteiger charge is -2.23. The zero-order valence-electron chi connectivity index (χ0n) is 11.6. The second-order valence-corrected chi connectivity index (χ2v) is 6.76. The van der Waals surface area contributed by atoms with Crippen LogP contribution in [0, 0.1) is 5.41 Å². The molecule has 0 saturated carbocycles. The van der Waals surface area contributed by atoms with Crippen LogP contribution in [0.5, 0.6) is 0 Å². The monoisotopic (exact) mass is 310 g/mol. The molecule has 2 rings (SSSR count). The molecule has 2 nitrogen and oxygen atoms in total. The molecular formula is C15H23BrN2. The minimum atomic E-state index is 0.446. The Hall–Kier alpha value is -0.540. The van der Waals surface area contributed by atoms with Crippen molar-refractivity contribution in [3.63, 3.8) is 0 Å². The van der Waals surface area contributed by atoms with E-state index in [1.165, 1.54) is 22.1 Å². The Morgan fingerprint density at radius 3 is 2.72 bits per heavy atom. The van der Waals surface area contributed by atoms with Crippen LogP contribution in [0.25, 0.3) is 0 Å². The van der Waals surface area contributed by atoms with Gasteiger partial charge in [0.15, 0.2) is 0 Å². The first-order valence-corrected chi connectivity index (χ1v) is 7.55. The maximum Gasteiger partial charge on any atom is 0.0511 e. The number of halogens is 1. The summed E-state index contributed by atoms with van der Waals surface area (Å²) in [5, 5.41) is 3.36. The van der Waals surface area contributed by atoms with E-state index in [1.807, 2.05) is 0 Å². The lowest BCUT2D eigenvalue weighted by atomic mass is 9.93. The molecule has 0 radical (unpaired) electrons. The number of hydrogen-bond acceptors (Lipinski definition) is 2. The van der Waals surface area contributed by atoms with Crippen molar-refractivity contribution in [1.29, 1.82) is 0 Å². The molecule has 0 bridgehead atoms. The quantitative estimate of drug-likeness (QED) is 0.910. The number of benzene rings is 1. The Kier molecular flexibility index (Phi) is 4.33. The Bertz CT molecular complexity index is 415. The molecule has 0 aromatic heterocycles. The lowest BCUT2D eigenvalue weighted by Crippen LogP contribution is -2.23. The van der Waals surface area contributed by atoms with Crippen LogP contribution >= 0.6 is 15.9 Å². The number of nitrogens with zero attached hydrogens (tertiary/aromatic N) is 1. The van der Waals surface area contributed by atoms with E-state index in [1.54, 1.807) is 0 Å². The third-order valence-corrected chi connectivity index (χ3v) is 4.24. The molecule has 1 aliphatic rings. The second-order valence-electron chi connectivity index (χ2n) is 5.90. The van der Waals surface area contributed by atoms with E-state index >= 15 is 0 Å². The van der Waals surface area contributed by atoms with Gasteiger partial charge in [-0.15, -0.1) is 0 Å². The molecule has 1 saturated heterocycles. The highest BCUT2D eigenvalue weighted by Crippen LogP contribution is 2.36. The van der Waals surface area contributed by atoms with Crippen molar-refractivity contribution in [3.05, 3.63) is 28.2 Å². The Labute approximate surface area is 119 Å². The van der Waals surface area contributed by atoms with Crippen LogP contribution in [-0.4, -0.2) is 19.6 Å². The fraction of sp³-hybridized carbons (Fsp3) is 0.600. The van der Waals surface area contributed by atoms with Gasteiger partial charge in [0.25, 0.3) is 0 Å². The minimum Gasteiger partial charge on any atom is -0.370 e. The van der Waals surface area contributed by atoms with Crippen LogP contribution in [-0.2, 0) is 6.54 Å². The second kappa shape index (κ2) is 5.62. The molecular weight excluding hydrogens is 288 g/mol. The number of hydrogen-bond donors (Lipinski definition) is 1. The van der Waals surface area contributed by atoms with E-state index in [2.05, 4.69) is 65.1 Å². The molecule has 1 fully saturated rings. The van der Waals surface area contributed by atoms with E-state index in [9.17, 15) is 0 Å². The van der Waals surface area contributed by atoms with Crippen LogP contribution in [0.3, 0.4) is 0 Å². The third-order valence-electron chi connectivity index (χ3n) is 3.61. The predicted molar refractivity (Wildman–Crippen MR) is 82.1 cm³/mol. The normalized spacial score (nSPS) is 18.3. The van der Waals surface area contributed by atoms with E-state index in [4.69, 9.17) is 0 Å². The Morgan fingerprint density at radius 2 is 2.17 bits per heavy atom. The largest absolute Gasteiger partial charge is 0.370 e. The SMILES string of the molecule is CCNCc1ccc(N2CCC(C)(C)C2)c(Br)c1. The maximum atomic E-state index is 3.72. The fourth-order valence-electron chi connectivity index (χ4n) is 2.50. The van der Waals surface area contributed by atoms with Crippen LogP contribution in [0.1, 0.15) is 32.8 Å². The number of rotatable bonds is 4. The molecule has 0 atom stereocenters. The summed E-state index contributed by atoms with van der Waals surface area (Å²) in [6, 6.07) is 6.72. The summed E-state index contributed by atoms with van der Waals surface area (Å²) in [6.45, 7) is 11.1. The molecule has 0 unspecified atom stereocenters. The minimum absolute atomic E-state index is 0.446. The highest BCUT2D eigenvalue weighted by molar-refractivity contribution is 9.10. The van der Waals surface area contributed by atoms with E-state index in [-0.39, 0.29) is 0 Å². The first kappa shape index (κ1) is 13.9. The molecule has 1 N–H and O–H groups in total. The van der Waals surface area contributed by atoms with Gasteiger partial charge in [-0.2, -0.15) is 0 Å². The molecule has 1 aromatic carbocycles. The number of nitrogens with one attached hydrogen (secondary N) is 1. The predicted octanol–water partition coefficient (Wildman–Crippen LogP) is 3.79. The Morgan fingerprint density at radius 1 is 1.39 bits per heavy atom. The van der Waals surface area contributed by atoms with Crippen molar-refractivity contribution in [3.8, 4) is 0 Å². The molecule has 3 heteroatoms. The van der Waals surface area contributed by atoms with Gasteiger partial charge in [0.2, 0.25) is 0 Å². The van der Waals surface area contributed by atoms with Gasteiger partial charge in [0.05, 0.1) is 5.69 Å². The molecule has 1 heterocycles. The number of anilines is 1. The lowest BCUT2D eigenvalue weighted by molar-refractivity contribution is 0.418. The zero-order chi connectivity index (χ0) is 13.2. The summed E-state index contributed by atoms with van der Waals surface area (Å²) in [5.41, 5.74) is 3.12. The van der Waals surface area contributed by atoms with Crippen LogP contribution in [0.4, 0.5) is 5.69 Å². The standard InChI is InChI=1S/C15H23BrN2/c1-4-17-10-12-5-6-14(13(16)9-12)18-8-7-15(2,3)11-18/h5-6,9,17H,4,7-8,10-11H2,1-3H3.